The molecular weight excluding hydrogens is 458 g/mol. The van der Waals surface area contributed by atoms with Crippen molar-refractivity contribution in [3.63, 3.8) is 0 Å². The fourth-order valence-electron chi connectivity index (χ4n) is 3.68. The molecule has 196 valence electrons. The summed E-state index contributed by atoms with van der Waals surface area (Å²) >= 11 is 0. The average Bonchev–Trinajstić information content (AvgIpc) is 2.83. The number of hydroxylamine groups is 1. The molecule has 0 aliphatic carbocycles. The van der Waals surface area contributed by atoms with Gasteiger partial charge >= 0.3 is 0 Å². The van der Waals surface area contributed by atoms with Crippen molar-refractivity contribution in [1.29, 1.82) is 0 Å². The highest BCUT2D eigenvalue weighted by atomic mass is 16.5. The second kappa shape index (κ2) is 13.2. The van der Waals surface area contributed by atoms with Gasteiger partial charge in [-0.1, -0.05) is 52.0 Å². The number of amides is 3. The number of benzene rings is 2. The summed E-state index contributed by atoms with van der Waals surface area (Å²) < 4.78 is 0. The maximum atomic E-state index is 12.6. The van der Waals surface area contributed by atoms with Crippen LogP contribution in [0.5, 0.6) is 0 Å². The SMILES string of the molecule is CC(C)(CC(=O)Nc1ccc(CCCC(=O)Nc2ccc(CCNN)cc2)cc1)C(C)(C)C(=O)NO. The number of hydrogen-bond donors (Lipinski definition) is 6. The third kappa shape index (κ3) is 8.44. The van der Waals surface area contributed by atoms with E-state index in [1.54, 1.807) is 19.3 Å². The molecule has 0 atom stereocenters. The lowest BCUT2D eigenvalue weighted by atomic mass is 9.65. The van der Waals surface area contributed by atoms with Gasteiger partial charge in [-0.25, -0.2) is 5.48 Å². The molecule has 9 nitrogen and oxygen atoms in total. The lowest BCUT2D eigenvalue weighted by Gasteiger charge is -2.39. The standard InChI is InChI=1S/C27H39N5O4/c1-26(2,27(3,4)25(35)32-36)18-24(34)31-22-12-8-19(9-13-22)6-5-7-23(33)30-21-14-10-20(11-15-21)16-17-29-28/h8-15,29,36H,5-7,16-18,28H2,1-4H3,(H,30,33)(H,31,34)(H,32,35). The predicted octanol–water partition coefficient (Wildman–Crippen LogP) is 3.54. The smallest absolute Gasteiger partial charge is 0.249 e. The third-order valence-electron chi connectivity index (χ3n) is 6.87. The number of nitrogens with one attached hydrogen (secondary N) is 4. The molecule has 2 aromatic rings. The number of rotatable bonds is 13. The second-order valence-electron chi connectivity index (χ2n) is 10.2. The van der Waals surface area contributed by atoms with Gasteiger partial charge in [0.2, 0.25) is 17.7 Å². The summed E-state index contributed by atoms with van der Waals surface area (Å²) in [5.74, 6) is 4.51. The monoisotopic (exact) mass is 497 g/mol. The van der Waals surface area contributed by atoms with Gasteiger partial charge in [0.1, 0.15) is 0 Å². The minimum Gasteiger partial charge on any atom is -0.326 e. The van der Waals surface area contributed by atoms with Crippen molar-refractivity contribution in [3.05, 3.63) is 59.7 Å². The third-order valence-corrected chi connectivity index (χ3v) is 6.87. The lowest BCUT2D eigenvalue weighted by Crippen LogP contribution is -2.46. The van der Waals surface area contributed by atoms with Crippen LogP contribution in [0.2, 0.25) is 0 Å². The number of aryl methyl sites for hydroxylation is 1. The van der Waals surface area contributed by atoms with Gasteiger partial charge in [-0.3, -0.25) is 30.9 Å². The van der Waals surface area contributed by atoms with Gasteiger partial charge in [0.05, 0.1) is 5.41 Å². The molecule has 36 heavy (non-hydrogen) atoms. The average molecular weight is 498 g/mol. The van der Waals surface area contributed by atoms with Gasteiger partial charge < -0.3 is 10.6 Å². The van der Waals surface area contributed by atoms with Gasteiger partial charge in [0.25, 0.3) is 0 Å². The van der Waals surface area contributed by atoms with Gasteiger partial charge in [-0.05, 0) is 60.1 Å². The number of carbonyl (C=O) groups is 3. The van der Waals surface area contributed by atoms with Gasteiger partial charge in [0, 0.05) is 30.8 Å². The van der Waals surface area contributed by atoms with E-state index >= 15 is 0 Å². The number of nitrogens with two attached hydrogens (primary N) is 1. The molecule has 0 saturated carbocycles. The van der Waals surface area contributed by atoms with Gasteiger partial charge in [-0.15, -0.1) is 0 Å². The van der Waals surface area contributed by atoms with E-state index in [-0.39, 0.29) is 18.2 Å². The van der Waals surface area contributed by atoms with Gasteiger partial charge in [-0.2, -0.15) is 0 Å². The Kier molecular flexibility index (Phi) is 10.6. The summed E-state index contributed by atoms with van der Waals surface area (Å²) in [6.45, 7) is 7.72. The first-order valence-electron chi connectivity index (χ1n) is 12.1. The minimum atomic E-state index is -0.944. The molecule has 9 heteroatoms. The van der Waals surface area contributed by atoms with Crippen LogP contribution in [-0.2, 0) is 27.2 Å². The highest BCUT2D eigenvalue weighted by Crippen LogP contribution is 2.41. The summed E-state index contributed by atoms with van der Waals surface area (Å²) in [6.07, 6.45) is 2.78. The largest absolute Gasteiger partial charge is 0.326 e. The highest BCUT2D eigenvalue weighted by Gasteiger charge is 2.44. The fourth-order valence-corrected chi connectivity index (χ4v) is 3.68. The van der Waals surface area contributed by atoms with E-state index in [9.17, 15) is 14.4 Å². The van der Waals surface area contributed by atoms with Crippen molar-refractivity contribution in [2.75, 3.05) is 17.2 Å². The molecular formula is C27H39N5O4. The Morgan fingerprint density at radius 3 is 1.81 bits per heavy atom. The van der Waals surface area contributed by atoms with Crippen molar-refractivity contribution in [1.82, 2.24) is 10.9 Å². The molecule has 7 N–H and O–H groups in total. The van der Waals surface area contributed by atoms with Crippen LogP contribution in [0.15, 0.2) is 48.5 Å². The molecule has 0 unspecified atom stereocenters. The Hall–Kier alpha value is -3.27. The molecule has 0 heterocycles. The molecule has 0 spiro atoms. The maximum absolute atomic E-state index is 12.6. The number of hydrogen-bond acceptors (Lipinski definition) is 6. The van der Waals surface area contributed by atoms with Crippen molar-refractivity contribution in [2.45, 2.75) is 59.8 Å². The molecule has 0 bridgehead atoms. The van der Waals surface area contributed by atoms with E-state index in [1.807, 2.05) is 62.4 Å². The van der Waals surface area contributed by atoms with Crippen molar-refractivity contribution in [2.24, 2.45) is 16.7 Å². The van der Waals surface area contributed by atoms with Crippen LogP contribution < -0.4 is 27.4 Å². The first-order valence-corrected chi connectivity index (χ1v) is 12.1. The molecule has 2 rings (SSSR count). The van der Waals surface area contributed by atoms with Crippen LogP contribution in [0, 0.1) is 10.8 Å². The Labute approximate surface area is 213 Å². The number of anilines is 2. The van der Waals surface area contributed by atoms with Crippen molar-refractivity contribution >= 4 is 29.1 Å². The van der Waals surface area contributed by atoms with Crippen LogP contribution in [0.1, 0.15) is 58.1 Å². The van der Waals surface area contributed by atoms with E-state index < -0.39 is 16.7 Å². The van der Waals surface area contributed by atoms with Crippen LogP contribution in [0.3, 0.4) is 0 Å². The lowest BCUT2D eigenvalue weighted by molar-refractivity contribution is -0.145. The zero-order valence-corrected chi connectivity index (χ0v) is 21.6. The fraction of sp³-hybridized carbons (Fsp3) is 0.444. The van der Waals surface area contributed by atoms with Crippen molar-refractivity contribution in [3.8, 4) is 0 Å². The molecule has 0 radical (unpaired) electrons. The minimum absolute atomic E-state index is 0.0318. The van der Waals surface area contributed by atoms with E-state index in [1.165, 1.54) is 0 Å². The Morgan fingerprint density at radius 1 is 0.806 bits per heavy atom. The number of hydrazine groups is 1. The summed E-state index contributed by atoms with van der Waals surface area (Å²) in [7, 11) is 0. The molecule has 0 aliphatic rings. The molecule has 0 aromatic heterocycles. The zero-order valence-electron chi connectivity index (χ0n) is 21.6. The van der Waals surface area contributed by atoms with Crippen LogP contribution in [0.25, 0.3) is 0 Å². The molecule has 0 aliphatic heterocycles. The predicted molar refractivity (Wildman–Crippen MR) is 141 cm³/mol. The van der Waals surface area contributed by atoms with Crippen LogP contribution in [0.4, 0.5) is 11.4 Å². The van der Waals surface area contributed by atoms with Gasteiger partial charge in [0.15, 0.2) is 0 Å². The summed E-state index contributed by atoms with van der Waals surface area (Å²) in [5.41, 5.74) is 6.32. The van der Waals surface area contributed by atoms with E-state index in [4.69, 9.17) is 11.0 Å². The Bertz CT molecular complexity index is 1020. The van der Waals surface area contributed by atoms with Crippen molar-refractivity contribution < 1.29 is 19.6 Å². The normalized spacial score (nSPS) is 11.6. The van der Waals surface area contributed by atoms with E-state index in [0.717, 1.165) is 29.7 Å². The quantitative estimate of drug-likeness (QED) is 0.142. The summed E-state index contributed by atoms with van der Waals surface area (Å²) in [5, 5.41) is 14.8. The molecule has 2 aromatic carbocycles. The van der Waals surface area contributed by atoms with E-state index in [0.29, 0.717) is 25.1 Å². The zero-order chi connectivity index (χ0) is 26.8. The molecule has 0 saturated heterocycles. The summed E-state index contributed by atoms with van der Waals surface area (Å²) in [4.78, 5) is 36.8. The topological polar surface area (TPSA) is 146 Å². The first kappa shape index (κ1) is 29.0. The number of carbonyl (C=O) groups excluding carboxylic acids is 3. The summed E-state index contributed by atoms with van der Waals surface area (Å²) in [6, 6.07) is 15.2. The van der Waals surface area contributed by atoms with E-state index in [2.05, 4.69) is 16.1 Å². The first-order chi connectivity index (χ1) is 17.0. The molecule has 3 amide bonds. The molecule has 0 fully saturated rings. The maximum Gasteiger partial charge on any atom is 0.249 e. The highest BCUT2D eigenvalue weighted by molar-refractivity contribution is 5.92. The Balaban J connectivity index is 1.78. The van der Waals surface area contributed by atoms with Crippen LogP contribution >= 0.6 is 0 Å². The second-order valence-corrected chi connectivity index (χ2v) is 10.2. The van der Waals surface area contributed by atoms with Crippen LogP contribution in [-0.4, -0.2) is 29.5 Å². The Morgan fingerprint density at radius 2 is 1.31 bits per heavy atom.